The Labute approximate surface area is 240 Å². The largest absolute Gasteiger partial charge is 0.495 e. The Morgan fingerprint density at radius 3 is 2.20 bits per heavy atom. The summed E-state index contributed by atoms with van der Waals surface area (Å²) in [5.41, 5.74) is 10.5. The number of sulfonamides is 1. The second-order valence-corrected chi connectivity index (χ2v) is 10.4. The summed E-state index contributed by atoms with van der Waals surface area (Å²) in [6.45, 7) is 0.380. The summed E-state index contributed by atoms with van der Waals surface area (Å²) in [6, 6.07) is 5.86. The van der Waals surface area contributed by atoms with Crippen LogP contribution >= 0.6 is 34.8 Å². The molecule has 220 valence electrons. The molecule has 40 heavy (non-hydrogen) atoms. The second-order valence-electron chi connectivity index (χ2n) is 7.54. The van der Waals surface area contributed by atoms with Gasteiger partial charge in [-0.05, 0) is 41.4 Å². The number of carbonyl (C=O) groups excluding carboxylic acids is 2. The molecule has 0 saturated heterocycles. The number of benzene rings is 2. The zero-order chi connectivity index (χ0) is 30.1. The van der Waals surface area contributed by atoms with Gasteiger partial charge < -0.3 is 21.0 Å². The van der Waals surface area contributed by atoms with Crippen LogP contribution in [0.2, 0.25) is 15.1 Å². The summed E-state index contributed by atoms with van der Waals surface area (Å²) in [7, 11) is -4.64. The van der Waals surface area contributed by atoms with Crippen molar-refractivity contribution in [2.75, 3.05) is 13.2 Å². The molecule has 0 fully saturated rings. The van der Waals surface area contributed by atoms with E-state index < -0.39 is 45.5 Å². The highest BCUT2D eigenvalue weighted by molar-refractivity contribution is 7.89. The highest BCUT2D eigenvalue weighted by Crippen LogP contribution is 2.32. The molecule has 0 heterocycles. The van der Waals surface area contributed by atoms with Crippen LogP contribution in [-0.4, -0.2) is 51.7 Å². The van der Waals surface area contributed by atoms with E-state index in [0.29, 0.717) is 17.7 Å². The smallest absolute Gasteiger partial charge is 0.493 e. The molecule has 5 N–H and O–H groups in total. The minimum atomic E-state index is -5.48. The summed E-state index contributed by atoms with van der Waals surface area (Å²) in [5.74, 6) is -4.36. The summed E-state index contributed by atoms with van der Waals surface area (Å²) in [5, 5.41) is 2.71. The highest BCUT2D eigenvalue weighted by Gasteiger charge is 2.43. The van der Waals surface area contributed by atoms with E-state index in [1.165, 1.54) is 24.3 Å². The summed E-state index contributed by atoms with van der Waals surface area (Å²) < 4.78 is 70.6. The minimum absolute atomic E-state index is 0.0655. The van der Waals surface area contributed by atoms with E-state index in [1.54, 1.807) is 0 Å². The molecule has 2 aromatic carbocycles. The van der Waals surface area contributed by atoms with Crippen LogP contribution < -0.4 is 20.9 Å². The Balaban J connectivity index is 2.18. The number of nitrogens with zero attached hydrogens (tertiary/aromatic N) is 1. The van der Waals surface area contributed by atoms with Gasteiger partial charge in [-0.1, -0.05) is 46.9 Å². The molecule has 1 atom stereocenters. The number of halogens is 6. The molecule has 0 aliphatic heterocycles. The number of carbonyl (C=O) groups is 2. The van der Waals surface area contributed by atoms with E-state index in [-0.39, 0.29) is 34.2 Å². The van der Waals surface area contributed by atoms with Crippen LogP contribution in [0.25, 0.3) is 0 Å². The molecule has 0 unspecified atom stereocenters. The molecule has 0 bridgehead atoms. The third-order valence-corrected chi connectivity index (χ3v) is 7.12. The van der Waals surface area contributed by atoms with Crippen LogP contribution in [0.5, 0.6) is 5.75 Å². The molecule has 0 amide bonds. The lowest BCUT2D eigenvalue weighted by Crippen LogP contribution is -2.44. The van der Waals surface area contributed by atoms with Crippen molar-refractivity contribution in [3.05, 3.63) is 57.0 Å². The molecular weight excluding hydrogens is 632 g/mol. The molecule has 0 aliphatic carbocycles. The van der Waals surface area contributed by atoms with Crippen molar-refractivity contribution >= 4 is 62.7 Å². The Hall–Kier alpha value is -3.18. The molecule has 12 nitrogen and oxygen atoms in total. The van der Waals surface area contributed by atoms with E-state index >= 15 is 0 Å². The predicted molar refractivity (Wildman–Crippen MR) is 136 cm³/mol. The van der Waals surface area contributed by atoms with Crippen LogP contribution in [0, 0.1) is 0 Å². The lowest BCUT2D eigenvalue weighted by atomic mass is 10.1. The monoisotopic (exact) mass is 650 g/mol. The third kappa shape index (κ3) is 10.4. The maximum absolute atomic E-state index is 13.0. The Bertz CT molecular complexity index is 1340. The highest BCUT2D eigenvalue weighted by atomic mass is 35.5. The summed E-state index contributed by atoms with van der Waals surface area (Å²) in [4.78, 5) is 35.1. The van der Waals surface area contributed by atoms with Gasteiger partial charge in [0, 0.05) is 6.42 Å². The van der Waals surface area contributed by atoms with Gasteiger partial charge in [0.1, 0.15) is 23.3 Å². The van der Waals surface area contributed by atoms with Crippen molar-refractivity contribution in [3.63, 3.8) is 0 Å². The minimum Gasteiger partial charge on any atom is -0.493 e. The van der Waals surface area contributed by atoms with Gasteiger partial charge in [-0.15, -0.1) is 0 Å². The first-order valence-electron chi connectivity index (χ1n) is 10.7. The first-order chi connectivity index (χ1) is 18.6. The van der Waals surface area contributed by atoms with E-state index in [1.807, 2.05) is 4.72 Å². The van der Waals surface area contributed by atoms with Crippen LogP contribution in [0.1, 0.15) is 12.0 Å². The SMILES string of the molecule is NC(N)=NOCCCOc1ccc(C[C@H](NS(=O)(=O)c2cc(Cl)c(Cl)cc2Cl)C(=O)OOC(=O)C(F)(F)F)cc1. The number of nitrogens with two attached hydrogens (primary N) is 2. The fourth-order valence-corrected chi connectivity index (χ4v) is 4.90. The first kappa shape index (κ1) is 33.0. The van der Waals surface area contributed by atoms with Gasteiger partial charge in [-0.3, -0.25) is 0 Å². The molecule has 0 radical (unpaired) electrons. The molecule has 2 aromatic rings. The fourth-order valence-electron chi connectivity index (χ4n) is 2.71. The fraction of sp³-hybridized carbons (Fsp3) is 0.286. The van der Waals surface area contributed by atoms with Crippen molar-refractivity contribution in [1.82, 2.24) is 4.72 Å². The number of ether oxygens (including phenoxy) is 1. The number of hydrogen-bond acceptors (Lipinski definition) is 9. The van der Waals surface area contributed by atoms with Gasteiger partial charge >= 0.3 is 18.1 Å². The topological polar surface area (TPSA) is 182 Å². The van der Waals surface area contributed by atoms with Crippen molar-refractivity contribution in [2.45, 2.75) is 30.0 Å². The molecule has 0 saturated carbocycles. The molecule has 19 heteroatoms. The van der Waals surface area contributed by atoms with Crippen molar-refractivity contribution < 1.29 is 50.5 Å². The Kier molecular flexibility index (Phi) is 11.9. The van der Waals surface area contributed by atoms with Gasteiger partial charge in [0.05, 0.1) is 21.7 Å². The third-order valence-electron chi connectivity index (χ3n) is 4.46. The standard InChI is InChI=1S/C21H20Cl3F3N4O8S/c22-13-9-15(24)17(10-14(13)23)40(34,35)31-16(18(32)38-39-19(33)21(25,26)27)8-11-2-4-12(5-3-11)36-6-1-7-37-30-20(28)29/h2-5,9-10,16,31H,1,6-8H2,(H4,28,29,30)/t16-/m0/s1. The van der Waals surface area contributed by atoms with Gasteiger partial charge in [0.25, 0.3) is 0 Å². The van der Waals surface area contributed by atoms with E-state index in [2.05, 4.69) is 14.9 Å². The molecular formula is C21H20Cl3F3N4O8S. The number of oxime groups is 1. The average Bonchev–Trinajstić information content (AvgIpc) is 2.86. The average molecular weight is 652 g/mol. The molecule has 0 spiro atoms. The first-order valence-corrected chi connectivity index (χ1v) is 13.3. The van der Waals surface area contributed by atoms with Crippen molar-refractivity contribution in [2.24, 2.45) is 16.6 Å². The Morgan fingerprint density at radius 2 is 1.60 bits per heavy atom. The van der Waals surface area contributed by atoms with Crippen LogP contribution in [-0.2, 0) is 40.6 Å². The van der Waals surface area contributed by atoms with Gasteiger partial charge in [0.15, 0.2) is 0 Å². The van der Waals surface area contributed by atoms with Crippen LogP contribution in [0.15, 0.2) is 46.4 Å². The number of rotatable bonds is 12. The number of guanidine groups is 1. The van der Waals surface area contributed by atoms with Crippen molar-refractivity contribution in [3.8, 4) is 5.75 Å². The van der Waals surface area contributed by atoms with Gasteiger partial charge in [0.2, 0.25) is 16.0 Å². The number of alkyl halides is 3. The maximum atomic E-state index is 13.0. The van der Waals surface area contributed by atoms with E-state index in [4.69, 9.17) is 55.8 Å². The zero-order valence-corrected chi connectivity index (χ0v) is 23.0. The number of hydrogen-bond donors (Lipinski definition) is 3. The molecule has 0 aromatic heterocycles. The molecule has 0 aliphatic rings. The number of nitrogens with one attached hydrogen (secondary N) is 1. The predicted octanol–water partition coefficient (Wildman–Crippen LogP) is 3.07. The maximum Gasteiger partial charge on any atom is 0.495 e. The van der Waals surface area contributed by atoms with Crippen LogP contribution in [0.4, 0.5) is 13.2 Å². The van der Waals surface area contributed by atoms with Crippen LogP contribution in [0.3, 0.4) is 0 Å². The van der Waals surface area contributed by atoms with E-state index in [0.717, 1.165) is 12.1 Å². The zero-order valence-electron chi connectivity index (χ0n) is 19.9. The normalized spacial score (nSPS) is 12.2. The summed E-state index contributed by atoms with van der Waals surface area (Å²) in [6.07, 6.45) is -5.52. The molecule has 2 rings (SSSR count). The van der Waals surface area contributed by atoms with E-state index in [9.17, 15) is 31.2 Å². The Morgan fingerprint density at radius 1 is 0.975 bits per heavy atom. The van der Waals surface area contributed by atoms with Crippen molar-refractivity contribution in [1.29, 1.82) is 0 Å². The lowest BCUT2D eigenvalue weighted by molar-refractivity contribution is -0.286. The lowest BCUT2D eigenvalue weighted by Gasteiger charge is -2.18. The quantitative estimate of drug-likeness (QED) is 0.0770. The van der Waals surface area contributed by atoms with Gasteiger partial charge in [-0.2, -0.15) is 17.9 Å². The summed E-state index contributed by atoms with van der Waals surface area (Å²) >= 11 is 17.6. The van der Waals surface area contributed by atoms with Gasteiger partial charge in [-0.25, -0.2) is 27.8 Å². The second kappa shape index (κ2) is 14.5.